The number of fused-ring (bicyclic) bond motifs is 1. The summed E-state index contributed by atoms with van der Waals surface area (Å²) in [6.45, 7) is 4.24. The van der Waals surface area contributed by atoms with Crippen LogP contribution in [0, 0.1) is 11.8 Å². The van der Waals surface area contributed by atoms with E-state index in [1.807, 2.05) is 30.3 Å². The standard InChI is InChI=1S/C20H23NO2/c1-13(2)19-17(14-8-10-16(23-3)11-9-14)12-15-6-4-5-7-18(15)21-20(19)22/h4-11,13,17,19H,12H2,1-3H3,(H,21,22). The number of carbonyl (C=O) groups is 1. The molecule has 0 bridgehead atoms. The Morgan fingerprint density at radius 2 is 1.78 bits per heavy atom. The number of benzene rings is 2. The van der Waals surface area contributed by atoms with Gasteiger partial charge in [0.25, 0.3) is 0 Å². The van der Waals surface area contributed by atoms with Gasteiger partial charge in [0.2, 0.25) is 5.91 Å². The lowest BCUT2D eigenvalue weighted by Crippen LogP contribution is -2.31. The maximum Gasteiger partial charge on any atom is 0.228 e. The summed E-state index contributed by atoms with van der Waals surface area (Å²) >= 11 is 0. The van der Waals surface area contributed by atoms with Crippen LogP contribution in [0.2, 0.25) is 0 Å². The molecule has 1 amide bonds. The Balaban J connectivity index is 2.04. The number of hydrogen-bond donors (Lipinski definition) is 1. The van der Waals surface area contributed by atoms with Crippen molar-refractivity contribution in [3.63, 3.8) is 0 Å². The Morgan fingerprint density at radius 1 is 1.09 bits per heavy atom. The minimum absolute atomic E-state index is 0.0456. The molecule has 2 aromatic rings. The highest BCUT2D eigenvalue weighted by Crippen LogP contribution is 2.39. The second-order valence-electron chi connectivity index (χ2n) is 6.50. The van der Waals surface area contributed by atoms with Gasteiger partial charge in [0.1, 0.15) is 5.75 Å². The first-order valence-electron chi connectivity index (χ1n) is 8.13. The van der Waals surface area contributed by atoms with Gasteiger partial charge in [0, 0.05) is 11.6 Å². The zero-order chi connectivity index (χ0) is 16.4. The van der Waals surface area contributed by atoms with Crippen LogP contribution < -0.4 is 10.1 Å². The summed E-state index contributed by atoms with van der Waals surface area (Å²) in [5.41, 5.74) is 3.33. The van der Waals surface area contributed by atoms with Gasteiger partial charge in [-0.15, -0.1) is 0 Å². The first-order valence-corrected chi connectivity index (χ1v) is 8.13. The first kappa shape index (κ1) is 15.6. The average molecular weight is 309 g/mol. The van der Waals surface area contributed by atoms with Crippen LogP contribution in [-0.4, -0.2) is 13.0 Å². The summed E-state index contributed by atoms with van der Waals surface area (Å²) < 4.78 is 5.25. The molecule has 0 spiro atoms. The van der Waals surface area contributed by atoms with Crippen LogP contribution in [0.5, 0.6) is 5.75 Å². The highest BCUT2D eigenvalue weighted by atomic mass is 16.5. The number of methoxy groups -OCH3 is 1. The molecule has 3 rings (SSSR count). The molecule has 1 aliphatic heterocycles. The number of amides is 1. The van der Waals surface area contributed by atoms with E-state index in [9.17, 15) is 4.79 Å². The number of nitrogens with one attached hydrogen (secondary N) is 1. The van der Waals surface area contributed by atoms with E-state index in [2.05, 4.69) is 37.4 Å². The highest BCUT2D eigenvalue weighted by molar-refractivity contribution is 5.95. The van der Waals surface area contributed by atoms with Crippen molar-refractivity contribution in [2.75, 3.05) is 12.4 Å². The topological polar surface area (TPSA) is 38.3 Å². The molecule has 1 aliphatic rings. The minimum Gasteiger partial charge on any atom is -0.497 e. The summed E-state index contributed by atoms with van der Waals surface area (Å²) in [5, 5.41) is 3.11. The molecular formula is C20H23NO2. The molecule has 2 unspecified atom stereocenters. The van der Waals surface area contributed by atoms with E-state index in [-0.39, 0.29) is 23.7 Å². The largest absolute Gasteiger partial charge is 0.497 e. The van der Waals surface area contributed by atoms with Crippen LogP contribution in [-0.2, 0) is 11.2 Å². The molecule has 0 aliphatic carbocycles. The Kier molecular flexibility index (Phi) is 4.37. The molecule has 1 N–H and O–H groups in total. The van der Waals surface area contributed by atoms with Crippen molar-refractivity contribution >= 4 is 11.6 Å². The van der Waals surface area contributed by atoms with Crippen molar-refractivity contribution in [3.05, 3.63) is 59.7 Å². The summed E-state index contributed by atoms with van der Waals surface area (Å²) in [7, 11) is 1.67. The van der Waals surface area contributed by atoms with Crippen molar-refractivity contribution in [3.8, 4) is 5.75 Å². The van der Waals surface area contributed by atoms with Gasteiger partial charge in [0.05, 0.1) is 7.11 Å². The second kappa shape index (κ2) is 6.45. The zero-order valence-corrected chi connectivity index (χ0v) is 13.9. The van der Waals surface area contributed by atoms with Crippen molar-refractivity contribution in [2.24, 2.45) is 11.8 Å². The fraction of sp³-hybridized carbons (Fsp3) is 0.350. The Hall–Kier alpha value is -2.29. The summed E-state index contributed by atoms with van der Waals surface area (Å²) in [6.07, 6.45) is 0.865. The van der Waals surface area contributed by atoms with Crippen LogP contribution in [0.15, 0.2) is 48.5 Å². The number of carbonyl (C=O) groups excluding carboxylic acids is 1. The third kappa shape index (κ3) is 3.09. The smallest absolute Gasteiger partial charge is 0.228 e. The molecule has 3 heteroatoms. The lowest BCUT2D eigenvalue weighted by atomic mass is 9.76. The van der Waals surface area contributed by atoms with Gasteiger partial charge in [-0.25, -0.2) is 0 Å². The molecule has 23 heavy (non-hydrogen) atoms. The van der Waals surface area contributed by atoms with Gasteiger partial charge >= 0.3 is 0 Å². The maximum atomic E-state index is 12.8. The Bertz CT molecular complexity index is 691. The highest BCUT2D eigenvalue weighted by Gasteiger charge is 2.35. The Morgan fingerprint density at radius 3 is 2.43 bits per heavy atom. The van der Waals surface area contributed by atoms with E-state index >= 15 is 0 Å². The molecular weight excluding hydrogens is 286 g/mol. The van der Waals surface area contributed by atoms with Crippen molar-refractivity contribution < 1.29 is 9.53 Å². The molecule has 0 aromatic heterocycles. The normalized spacial score (nSPS) is 20.6. The average Bonchev–Trinajstić information content (AvgIpc) is 2.70. The van der Waals surface area contributed by atoms with E-state index in [4.69, 9.17) is 4.74 Å². The third-order valence-corrected chi connectivity index (χ3v) is 4.71. The number of anilines is 1. The van der Waals surface area contributed by atoms with Crippen molar-refractivity contribution in [1.82, 2.24) is 0 Å². The number of para-hydroxylation sites is 1. The number of hydrogen-bond acceptors (Lipinski definition) is 2. The molecule has 120 valence electrons. The van der Waals surface area contributed by atoms with Crippen LogP contribution >= 0.6 is 0 Å². The number of ether oxygens (including phenoxy) is 1. The van der Waals surface area contributed by atoms with Gasteiger partial charge in [-0.1, -0.05) is 44.2 Å². The Labute approximate surface area is 137 Å². The molecule has 0 saturated carbocycles. The molecule has 2 aromatic carbocycles. The van der Waals surface area contributed by atoms with E-state index in [1.165, 1.54) is 11.1 Å². The molecule has 1 heterocycles. The minimum atomic E-state index is -0.0456. The number of rotatable bonds is 3. The first-order chi connectivity index (χ1) is 11.1. The predicted molar refractivity (Wildman–Crippen MR) is 92.8 cm³/mol. The quantitative estimate of drug-likeness (QED) is 0.920. The van der Waals surface area contributed by atoms with Gasteiger partial charge in [-0.3, -0.25) is 4.79 Å². The van der Waals surface area contributed by atoms with Crippen molar-refractivity contribution in [2.45, 2.75) is 26.2 Å². The fourth-order valence-electron chi connectivity index (χ4n) is 3.53. The van der Waals surface area contributed by atoms with Gasteiger partial charge < -0.3 is 10.1 Å². The van der Waals surface area contributed by atoms with Crippen LogP contribution in [0.1, 0.15) is 30.9 Å². The SMILES string of the molecule is COc1ccc(C2Cc3ccccc3NC(=O)C2C(C)C)cc1. The lowest BCUT2D eigenvalue weighted by Gasteiger charge is -2.27. The predicted octanol–water partition coefficient (Wildman–Crippen LogP) is 4.25. The molecule has 3 nitrogen and oxygen atoms in total. The van der Waals surface area contributed by atoms with Crippen LogP contribution in [0.3, 0.4) is 0 Å². The summed E-state index contributed by atoms with van der Waals surface area (Å²) in [5.74, 6) is 1.36. The summed E-state index contributed by atoms with van der Waals surface area (Å²) in [6, 6.07) is 16.2. The lowest BCUT2D eigenvalue weighted by molar-refractivity contribution is -0.121. The van der Waals surface area contributed by atoms with Crippen LogP contribution in [0.25, 0.3) is 0 Å². The van der Waals surface area contributed by atoms with E-state index in [0.29, 0.717) is 0 Å². The van der Waals surface area contributed by atoms with E-state index in [1.54, 1.807) is 7.11 Å². The molecule has 0 saturated heterocycles. The van der Waals surface area contributed by atoms with Gasteiger partial charge in [-0.2, -0.15) is 0 Å². The van der Waals surface area contributed by atoms with Gasteiger partial charge in [-0.05, 0) is 47.6 Å². The van der Waals surface area contributed by atoms with E-state index in [0.717, 1.165) is 17.9 Å². The molecule has 0 radical (unpaired) electrons. The molecule has 2 atom stereocenters. The fourth-order valence-corrected chi connectivity index (χ4v) is 3.53. The van der Waals surface area contributed by atoms with Crippen LogP contribution in [0.4, 0.5) is 5.69 Å². The van der Waals surface area contributed by atoms with Crippen molar-refractivity contribution in [1.29, 1.82) is 0 Å². The monoisotopic (exact) mass is 309 g/mol. The van der Waals surface area contributed by atoms with E-state index < -0.39 is 0 Å². The van der Waals surface area contributed by atoms with Gasteiger partial charge in [0.15, 0.2) is 0 Å². The maximum absolute atomic E-state index is 12.8. The molecule has 0 fully saturated rings. The zero-order valence-electron chi connectivity index (χ0n) is 13.9. The second-order valence-corrected chi connectivity index (χ2v) is 6.50. The summed E-state index contributed by atoms with van der Waals surface area (Å²) in [4.78, 5) is 12.8. The third-order valence-electron chi connectivity index (χ3n) is 4.71.